The zero-order valence-corrected chi connectivity index (χ0v) is 23.8. The zero-order chi connectivity index (χ0) is 36.3. The normalized spacial score (nSPS) is 13.2. The number of aromatic amines is 1. The average molecular weight is 699 g/mol. The Labute approximate surface area is 262 Å². The number of nitrogens with one attached hydrogen (secondary N) is 1. The molecule has 0 aliphatic carbocycles. The van der Waals surface area contributed by atoms with Crippen LogP contribution in [0.4, 0.5) is 51.0 Å². The smallest absolute Gasteiger partial charge is 0.475 e. The number of H-pyrrole nitrogens is 1. The van der Waals surface area contributed by atoms with E-state index in [0.717, 1.165) is 54.0 Å². The Morgan fingerprint density at radius 3 is 1.60 bits per heavy atom. The van der Waals surface area contributed by atoms with Gasteiger partial charge in [-0.1, -0.05) is 6.07 Å². The van der Waals surface area contributed by atoms with E-state index in [9.17, 15) is 39.5 Å². The van der Waals surface area contributed by atoms with Crippen LogP contribution in [0, 0.1) is 0 Å². The number of nitrogens with zero attached hydrogens (tertiary/aromatic N) is 6. The molecular formula is C26H22F9N7O6. The highest BCUT2D eigenvalue weighted by Gasteiger charge is 2.39. The lowest BCUT2D eigenvalue weighted by Gasteiger charge is -2.37. The third kappa shape index (κ3) is 11.9. The summed E-state index contributed by atoms with van der Waals surface area (Å²) in [5.41, 5.74) is 4.36. The highest BCUT2D eigenvalue weighted by atomic mass is 19.4. The molecule has 260 valence electrons. The van der Waals surface area contributed by atoms with Gasteiger partial charge in [-0.2, -0.15) is 44.6 Å². The van der Waals surface area contributed by atoms with Crippen LogP contribution in [0.2, 0.25) is 0 Å². The molecule has 4 N–H and O–H groups in total. The molecule has 22 heteroatoms. The number of carboxylic acid groups (broad SMARTS) is 3. The average Bonchev–Trinajstić information content (AvgIpc) is 3.56. The van der Waals surface area contributed by atoms with Gasteiger partial charge in [0.2, 0.25) is 0 Å². The third-order valence-corrected chi connectivity index (χ3v) is 5.78. The molecule has 0 bridgehead atoms. The van der Waals surface area contributed by atoms with Crippen LogP contribution in [0.3, 0.4) is 0 Å². The van der Waals surface area contributed by atoms with E-state index in [4.69, 9.17) is 29.7 Å². The number of aromatic nitrogens is 5. The number of carbonyl (C=O) groups is 3. The number of fused-ring (bicyclic) bond motifs is 1. The van der Waals surface area contributed by atoms with E-state index >= 15 is 0 Å². The number of anilines is 2. The number of halogens is 9. The van der Waals surface area contributed by atoms with E-state index in [1.54, 1.807) is 6.33 Å². The van der Waals surface area contributed by atoms with Gasteiger partial charge in [-0.05, 0) is 29.8 Å². The number of piperazine rings is 1. The van der Waals surface area contributed by atoms with Crippen LogP contribution in [-0.4, -0.2) is 103 Å². The van der Waals surface area contributed by atoms with E-state index in [0.29, 0.717) is 0 Å². The molecule has 1 saturated heterocycles. The highest BCUT2D eigenvalue weighted by molar-refractivity contribution is 5.93. The van der Waals surface area contributed by atoms with E-state index in [2.05, 4.69) is 65.3 Å². The summed E-state index contributed by atoms with van der Waals surface area (Å²) in [6.07, 6.45) is -6.17. The molecule has 1 aliphatic heterocycles. The standard InChI is InChI=1S/C20H19N7.3C2HF3O2/c1-2-19-18(11-15(1)16-12-24-25-13-16)20(23-14-22-19)27-9-7-26(8-10-27)17-3-5-21-6-4-17;3*3-2(4,5)1(6)7/h1-6,11-14H,7-10H2,(H,24,25);3*(H,6,7). The zero-order valence-electron chi connectivity index (χ0n) is 23.8. The highest BCUT2D eigenvalue weighted by Crippen LogP contribution is 2.29. The van der Waals surface area contributed by atoms with Gasteiger partial charge >= 0.3 is 36.4 Å². The first-order valence-corrected chi connectivity index (χ1v) is 12.8. The van der Waals surface area contributed by atoms with Gasteiger partial charge in [0.25, 0.3) is 0 Å². The molecule has 0 spiro atoms. The predicted octanol–water partition coefficient (Wildman–Crippen LogP) is 4.64. The van der Waals surface area contributed by atoms with Gasteiger partial charge in [-0.15, -0.1) is 0 Å². The molecule has 1 aliphatic rings. The monoisotopic (exact) mass is 699 g/mol. The second-order valence-electron chi connectivity index (χ2n) is 9.00. The van der Waals surface area contributed by atoms with Crippen molar-refractivity contribution in [3.63, 3.8) is 0 Å². The van der Waals surface area contributed by atoms with E-state index < -0.39 is 36.4 Å². The summed E-state index contributed by atoms with van der Waals surface area (Å²) in [4.78, 5) is 44.6. The number of hydrogen-bond donors (Lipinski definition) is 4. The maximum atomic E-state index is 10.6. The molecule has 0 unspecified atom stereocenters. The van der Waals surface area contributed by atoms with Crippen molar-refractivity contribution in [3.05, 3.63) is 61.4 Å². The fourth-order valence-electron chi connectivity index (χ4n) is 3.61. The maximum Gasteiger partial charge on any atom is 0.490 e. The number of benzene rings is 1. The maximum absolute atomic E-state index is 10.6. The van der Waals surface area contributed by atoms with Crippen LogP contribution in [-0.2, 0) is 14.4 Å². The van der Waals surface area contributed by atoms with Crippen molar-refractivity contribution in [2.75, 3.05) is 36.0 Å². The minimum atomic E-state index is -5.08. The van der Waals surface area contributed by atoms with Crippen molar-refractivity contribution in [1.29, 1.82) is 0 Å². The molecule has 0 saturated carbocycles. The lowest BCUT2D eigenvalue weighted by atomic mass is 10.1. The van der Waals surface area contributed by atoms with Gasteiger partial charge < -0.3 is 25.1 Å². The predicted molar refractivity (Wildman–Crippen MR) is 147 cm³/mol. The SMILES string of the molecule is O=C(O)C(F)(F)F.O=C(O)C(F)(F)F.O=C(O)C(F)(F)F.c1cc(N2CCN(c3ncnc4ccc(-c5cn[nH]c5)cc34)CC2)ccn1. The molecule has 4 heterocycles. The van der Waals surface area contributed by atoms with Crippen LogP contribution in [0.1, 0.15) is 0 Å². The number of aliphatic carboxylic acids is 3. The first kappa shape index (κ1) is 38.5. The van der Waals surface area contributed by atoms with Crippen molar-refractivity contribution < 1.29 is 69.2 Å². The molecule has 4 aromatic rings. The Kier molecular flexibility index (Phi) is 13.0. The Morgan fingerprint density at radius 1 is 0.688 bits per heavy atom. The summed E-state index contributed by atoms with van der Waals surface area (Å²) in [5, 5.41) is 29.4. The molecule has 0 radical (unpaired) electrons. The number of alkyl halides is 9. The summed E-state index contributed by atoms with van der Waals surface area (Å²) in [6, 6.07) is 10.4. The molecule has 3 aromatic heterocycles. The number of carboxylic acids is 3. The van der Waals surface area contributed by atoms with E-state index in [1.807, 2.05) is 24.8 Å². The van der Waals surface area contributed by atoms with Gasteiger partial charge in [0.05, 0.1) is 11.7 Å². The molecule has 1 fully saturated rings. The van der Waals surface area contributed by atoms with Crippen molar-refractivity contribution in [3.8, 4) is 11.1 Å². The summed E-state index contributed by atoms with van der Waals surface area (Å²) in [7, 11) is 0. The second-order valence-corrected chi connectivity index (χ2v) is 9.00. The minimum Gasteiger partial charge on any atom is -0.475 e. The Balaban J connectivity index is 0.000000313. The summed E-state index contributed by atoms with van der Waals surface area (Å²) in [5.74, 6) is -7.27. The van der Waals surface area contributed by atoms with Gasteiger partial charge in [-0.3, -0.25) is 10.1 Å². The van der Waals surface area contributed by atoms with Crippen LogP contribution in [0.5, 0.6) is 0 Å². The second kappa shape index (κ2) is 16.2. The summed E-state index contributed by atoms with van der Waals surface area (Å²) >= 11 is 0. The largest absolute Gasteiger partial charge is 0.490 e. The van der Waals surface area contributed by atoms with Crippen molar-refractivity contribution in [2.45, 2.75) is 18.5 Å². The number of pyridine rings is 1. The Hall–Kier alpha value is -5.70. The fourth-order valence-corrected chi connectivity index (χ4v) is 3.61. The lowest BCUT2D eigenvalue weighted by molar-refractivity contribution is -0.193. The van der Waals surface area contributed by atoms with Gasteiger partial charge in [-0.25, -0.2) is 24.4 Å². The molecule has 5 rings (SSSR count). The summed E-state index contributed by atoms with van der Waals surface area (Å²) in [6.45, 7) is 3.75. The quantitative estimate of drug-likeness (QED) is 0.218. The van der Waals surface area contributed by atoms with E-state index in [1.165, 1.54) is 5.69 Å². The van der Waals surface area contributed by atoms with Crippen LogP contribution < -0.4 is 9.80 Å². The molecule has 1 aromatic carbocycles. The lowest BCUT2D eigenvalue weighted by Crippen LogP contribution is -2.46. The van der Waals surface area contributed by atoms with Crippen molar-refractivity contribution in [1.82, 2.24) is 25.1 Å². The fraction of sp³-hybridized carbons (Fsp3) is 0.269. The third-order valence-electron chi connectivity index (χ3n) is 5.78. The molecular weight excluding hydrogens is 677 g/mol. The van der Waals surface area contributed by atoms with Crippen molar-refractivity contribution in [2.24, 2.45) is 0 Å². The van der Waals surface area contributed by atoms with Crippen LogP contribution in [0.25, 0.3) is 22.0 Å². The minimum absolute atomic E-state index is 0.921. The number of rotatable bonds is 3. The summed E-state index contributed by atoms with van der Waals surface area (Å²) < 4.78 is 95.2. The van der Waals surface area contributed by atoms with Crippen molar-refractivity contribution >= 4 is 40.3 Å². The molecule has 48 heavy (non-hydrogen) atoms. The first-order chi connectivity index (χ1) is 22.2. The Morgan fingerprint density at radius 2 is 1.17 bits per heavy atom. The molecule has 13 nitrogen and oxygen atoms in total. The Bertz CT molecular complexity index is 1590. The molecule has 0 amide bonds. The van der Waals surface area contributed by atoms with E-state index in [-0.39, 0.29) is 0 Å². The van der Waals surface area contributed by atoms with Gasteiger partial charge in [0.1, 0.15) is 12.1 Å². The van der Waals surface area contributed by atoms with Gasteiger partial charge in [0.15, 0.2) is 0 Å². The first-order valence-electron chi connectivity index (χ1n) is 12.8. The van der Waals surface area contributed by atoms with Crippen LogP contribution in [0.15, 0.2) is 61.4 Å². The van der Waals surface area contributed by atoms with Gasteiger partial charge in [0, 0.05) is 61.4 Å². The molecule has 0 atom stereocenters. The topological polar surface area (TPSA) is 186 Å². The van der Waals surface area contributed by atoms with Crippen LogP contribution >= 0.6 is 0 Å². The number of hydrogen-bond acceptors (Lipinski definition) is 9.